The molecule has 0 aliphatic heterocycles. The van der Waals surface area contributed by atoms with Gasteiger partial charge in [0.2, 0.25) is 5.76 Å². The third kappa shape index (κ3) is 4.76. The van der Waals surface area contributed by atoms with Gasteiger partial charge in [0.05, 0.1) is 0 Å². The van der Waals surface area contributed by atoms with E-state index in [1.807, 2.05) is 0 Å². The average molecular weight is 407 g/mol. The highest BCUT2D eigenvalue weighted by molar-refractivity contribution is 9.10. The number of rotatable bonds is 5. The molecule has 0 saturated carbocycles. The van der Waals surface area contributed by atoms with Crippen molar-refractivity contribution in [1.82, 2.24) is 5.32 Å². The maximum absolute atomic E-state index is 11.6. The van der Waals surface area contributed by atoms with E-state index in [-0.39, 0.29) is 12.3 Å². The number of benzene rings is 1. The molecule has 0 unspecified atom stereocenters. The van der Waals surface area contributed by atoms with E-state index in [9.17, 15) is 9.59 Å². The van der Waals surface area contributed by atoms with Gasteiger partial charge in [0.15, 0.2) is 11.3 Å². The second-order valence-corrected chi connectivity index (χ2v) is 5.82. The molecule has 2 aromatic rings. The Kier molecular flexibility index (Phi) is 5.88. The Hall–Kier alpha value is -1.50. The zero-order valence-electron chi connectivity index (χ0n) is 11.1. The molecule has 0 spiro atoms. The van der Waals surface area contributed by atoms with Crippen LogP contribution in [-0.4, -0.2) is 18.5 Å². The lowest BCUT2D eigenvalue weighted by Gasteiger charge is -2.07. The summed E-state index contributed by atoms with van der Waals surface area (Å²) in [6, 6.07) is 7.96. The van der Waals surface area contributed by atoms with Crippen molar-refractivity contribution in [2.24, 2.45) is 0 Å². The van der Waals surface area contributed by atoms with E-state index in [4.69, 9.17) is 32.4 Å². The third-order valence-corrected chi connectivity index (χ3v) is 3.61. The van der Waals surface area contributed by atoms with Crippen molar-refractivity contribution in [2.75, 3.05) is 6.61 Å². The van der Waals surface area contributed by atoms with Gasteiger partial charge in [-0.1, -0.05) is 29.3 Å². The van der Waals surface area contributed by atoms with Gasteiger partial charge in [-0.2, -0.15) is 0 Å². The molecule has 22 heavy (non-hydrogen) atoms. The molecular weight excluding hydrogens is 397 g/mol. The van der Waals surface area contributed by atoms with Gasteiger partial charge < -0.3 is 14.5 Å². The van der Waals surface area contributed by atoms with E-state index in [1.165, 1.54) is 6.07 Å². The van der Waals surface area contributed by atoms with Crippen molar-refractivity contribution in [3.63, 3.8) is 0 Å². The van der Waals surface area contributed by atoms with Crippen LogP contribution >= 0.6 is 39.1 Å². The van der Waals surface area contributed by atoms with E-state index >= 15 is 0 Å². The molecule has 0 atom stereocenters. The highest BCUT2D eigenvalue weighted by atomic mass is 79.9. The minimum Gasteiger partial charge on any atom is -0.450 e. The number of hydrogen-bond donors (Lipinski definition) is 1. The van der Waals surface area contributed by atoms with Crippen LogP contribution in [0.15, 0.2) is 39.4 Å². The Morgan fingerprint density at radius 1 is 1.23 bits per heavy atom. The first-order valence-corrected chi connectivity index (χ1v) is 7.63. The molecule has 0 bridgehead atoms. The van der Waals surface area contributed by atoms with Crippen LogP contribution in [0.4, 0.5) is 0 Å². The normalized spacial score (nSPS) is 10.3. The first-order chi connectivity index (χ1) is 10.5. The summed E-state index contributed by atoms with van der Waals surface area (Å²) in [6.07, 6.45) is 0. The van der Waals surface area contributed by atoms with Crippen LogP contribution in [0.5, 0.6) is 0 Å². The maximum Gasteiger partial charge on any atom is 0.374 e. The van der Waals surface area contributed by atoms with E-state index in [1.54, 1.807) is 24.3 Å². The first-order valence-electron chi connectivity index (χ1n) is 6.09. The molecule has 0 radical (unpaired) electrons. The average Bonchev–Trinajstić information content (AvgIpc) is 2.90. The fraction of sp³-hybridized carbons (Fsp3) is 0.143. The molecule has 1 N–H and O–H groups in total. The lowest BCUT2D eigenvalue weighted by Crippen LogP contribution is -2.28. The molecule has 2 rings (SSSR count). The van der Waals surface area contributed by atoms with E-state index in [0.717, 1.165) is 0 Å². The minimum absolute atomic E-state index is 0.0143. The maximum atomic E-state index is 11.6. The Labute approximate surface area is 144 Å². The lowest BCUT2D eigenvalue weighted by atomic mass is 10.2. The van der Waals surface area contributed by atoms with Crippen molar-refractivity contribution in [3.8, 4) is 0 Å². The summed E-state index contributed by atoms with van der Waals surface area (Å²) in [5.41, 5.74) is 0.709. The van der Waals surface area contributed by atoms with Gasteiger partial charge in [0.1, 0.15) is 0 Å². The molecule has 8 heteroatoms. The molecule has 1 aromatic heterocycles. The molecular formula is C14H10BrCl2NO4. The fourth-order valence-electron chi connectivity index (χ4n) is 1.54. The molecule has 0 saturated heterocycles. The predicted molar refractivity (Wildman–Crippen MR) is 85.0 cm³/mol. The zero-order valence-corrected chi connectivity index (χ0v) is 14.2. The highest BCUT2D eigenvalue weighted by Gasteiger charge is 2.14. The van der Waals surface area contributed by atoms with Crippen LogP contribution in [-0.2, 0) is 16.1 Å². The second-order valence-electron chi connectivity index (χ2n) is 4.19. The van der Waals surface area contributed by atoms with Gasteiger partial charge in [-0.15, -0.1) is 0 Å². The highest BCUT2D eigenvalue weighted by Crippen LogP contribution is 2.20. The summed E-state index contributed by atoms with van der Waals surface area (Å²) < 4.78 is 10.2. The molecule has 116 valence electrons. The van der Waals surface area contributed by atoms with Gasteiger partial charge in [-0.05, 0) is 45.8 Å². The Morgan fingerprint density at radius 2 is 2.00 bits per heavy atom. The molecule has 1 amide bonds. The van der Waals surface area contributed by atoms with Gasteiger partial charge in [0, 0.05) is 16.6 Å². The Bertz CT molecular complexity index is 702. The van der Waals surface area contributed by atoms with Crippen molar-refractivity contribution in [1.29, 1.82) is 0 Å². The second kappa shape index (κ2) is 7.67. The Balaban J connectivity index is 1.79. The number of carbonyl (C=O) groups is 2. The fourth-order valence-corrected chi connectivity index (χ4v) is 2.32. The van der Waals surface area contributed by atoms with Crippen LogP contribution in [0.3, 0.4) is 0 Å². The quantitative estimate of drug-likeness (QED) is 0.766. The predicted octanol–water partition coefficient (Wildman–Crippen LogP) is 3.82. The summed E-state index contributed by atoms with van der Waals surface area (Å²) in [6.45, 7) is -0.207. The molecule has 1 aromatic carbocycles. The zero-order chi connectivity index (χ0) is 16.1. The van der Waals surface area contributed by atoms with Crippen LogP contribution in [0.1, 0.15) is 16.1 Å². The van der Waals surface area contributed by atoms with Crippen molar-refractivity contribution in [2.45, 2.75) is 6.54 Å². The van der Waals surface area contributed by atoms with Gasteiger partial charge in [-0.25, -0.2) is 4.79 Å². The van der Waals surface area contributed by atoms with Crippen molar-refractivity contribution >= 4 is 51.0 Å². The van der Waals surface area contributed by atoms with E-state index in [0.29, 0.717) is 20.3 Å². The smallest absolute Gasteiger partial charge is 0.374 e. The summed E-state index contributed by atoms with van der Waals surface area (Å²) >= 11 is 14.8. The largest absolute Gasteiger partial charge is 0.450 e. The minimum atomic E-state index is -0.717. The number of carbonyl (C=O) groups excluding carboxylic acids is 2. The van der Waals surface area contributed by atoms with E-state index < -0.39 is 18.5 Å². The van der Waals surface area contributed by atoms with Crippen LogP contribution in [0.2, 0.25) is 10.0 Å². The third-order valence-electron chi connectivity index (χ3n) is 2.60. The topological polar surface area (TPSA) is 68.5 Å². The number of nitrogens with one attached hydrogen (secondary N) is 1. The monoisotopic (exact) mass is 405 g/mol. The number of furan rings is 1. The summed E-state index contributed by atoms with van der Waals surface area (Å²) in [4.78, 5) is 23.2. The summed E-state index contributed by atoms with van der Waals surface area (Å²) in [5, 5.41) is 3.55. The Morgan fingerprint density at radius 3 is 2.64 bits per heavy atom. The summed E-state index contributed by atoms with van der Waals surface area (Å²) in [7, 11) is 0. The van der Waals surface area contributed by atoms with Gasteiger partial charge in [-0.3, -0.25) is 4.79 Å². The molecule has 0 aliphatic rings. The first kappa shape index (κ1) is 16.9. The van der Waals surface area contributed by atoms with Crippen molar-refractivity contribution < 1.29 is 18.7 Å². The number of amides is 1. The van der Waals surface area contributed by atoms with Crippen LogP contribution in [0.25, 0.3) is 0 Å². The molecule has 0 fully saturated rings. The molecule has 1 heterocycles. The number of ether oxygens (including phenoxy) is 1. The van der Waals surface area contributed by atoms with E-state index in [2.05, 4.69) is 21.2 Å². The lowest BCUT2D eigenvalue weighted by molar-refractivity contribution is -0.124. The number of hydrogen-bond acceptors (Lipinski definition) is 4. The summed E-state index contributed by atoms with van der Waals surface area (Å²) in [5.74, 6) is -1.16. The number of halogens is 3. The SMILES string of the molecule is O=C(COC(=O)c1ccc(Br)o1)NCc1ccc(Cl)cc1Cl. The molecule has 0 aliphatic carbocycles. The van der Waals surface area contributed by atoms with Crippen LogP contribution in [0, 0.1) is 0 Å². The van der Waals surface area contributed by atoms with Crippen molar-refractivity contribution in [3.05, 3.63) is 56.4 Å². The van der Waals surface area contributed by atoms with Gasteiger partial charge >= 0.3 is 5.97 Å². The number of esters is 1. The standard InChI is InChI=1S/C14H10BrCl2NO4/c15-12-4-3-11(22-12)14(20)21-7-13(19)18-6-8-1-2-9(16)5-10(8)17/h1-5H,6-7H2,(H,18,19). The van der Waals surface area contributed by atoms with Gasteiger partial charge in [0.25, 0.3) is 5.91 Å². The van der Waals surface area contributed by atoms with Crippen LogP contribution < -0.4 is 5.32 Å². The molecule has 5 nitrogen and oxygen atoms in total.